The van der Waals surface area contributed by atoms with Crippen LogP contribution in [0.3, 0.4) is 0 Å². The minimum Gasteiger partial charge on any atom is -0.490 e. The van der Waals surface area contributed by atoms with Crippen molar-refractivity contribution in [3.8, 4) is 5.75 Å². The van der Waals surface area contributed by atoms with Crippen LogP contribution in [0.25, 0.3) is 0 Å². The average Bonchev–Trinajstić information content (AvgIpc) is 2.64. The van der Waals surface area contributed by atoms with E-state index in [1.54, 1.807) is 42.5 Å². The van der Waals surface area contributed by atoms with Crippen LogP contribution in [-0.4, -0.2) is 33.7 Å². The van der Waals surface area contributed by atoms with Gasteiger partial charge in [-0.15, -0.1) is 0 Å². The molecule has 0 saturated heterocycles. The molecule has 2 aromatic carbocycles. The lowest BCUT2D eigenvalue weighted by molar-refractivity contribution is -0.114. The summed E-state index contributed by atoms with van der Waals surface area (Å²) >= 11 is 0. The average molecular weight is 403 g/mol. The number of amides is 1. The fraction of sp³-hybridized carbons (Fsp3) is 0.286. The molecule has 0 heterocycles. The highest BCUT2D eigenvalue weighted by Crippen LogP contribution is 2.29. The number of anilines is 2. The monoisotopic (exact) mass is 402 g/mol. The quantitative estimate of drug-likeness (QED) is 0.648. The molecule has 0 unspecified atom stereocenters. The van der Waals surface area contributed by atoms with Gasteiger partial charge in [0.2, 0.25) is 15.9 Å². The molecular weight excluding hydrogens is 376 g/mol. The standard InChI is InChI=1S/C21H26N2O4S/c1-5-14-27-18-12-10-17(11-13-18)22-21(24)15-23(28(4,25)26)20-9-7-6-8-19(20)16(2)3/h5-13,16H,1,14-15H2,2-4H3,(H,22,24). The zero-order chi connectivity index (χ0) is 20.7. The molecule has 0 atom stereocenters. The van der Waals surface area contributed by atoms with Crippen LogP contribution >= 0.6 is 0 Å². The smallest absolute Gasteiger partial charge is 0.245 e. The van der Waals surface area contributed by atoms with Crippen molar-refractivity contribution in [1.82, 2.24) is 0 Å². The minimum atomic E-state index is -3.64. The van der Waals surface area contributed by atoms with Gasteiger partial charge in [0.15, 0.2) is 0 Å². The molecule has 0 saturated carbocycles. The number of carbonyl (C=O) groups excluding carboxylic acids is 1. The second kappa shape index (κ2) is 9.41. The lowest BCUT2D eigenvalue weighted by atomic mass is 10.0. The predicted molar refractivity (Wildman–Crippen MR) is 113 cm³/mol. The number of benzene rings is 2. The number of carbonyl (C=O) groups is 1. The predicted octanol–water partition coefficient (Wildman–Crippen LogP) is 3.78. The molecule has 6 nitrogen and oxygen atoms in total. The Balaban J connectivity index is 2.17. The maximum atomic E-state index is 12.5. The van der Waals surface area contributed by atoms with Crippen molar-refractivity contribution in [2.24, 2.45) is 0 Å². The fourth-order valence-corrected chi connectivity index (χ4v) is 3.58. The Bertz CT molecular complexity index is 922. The number of hydrogen-bond acceptors (Lipinski definition) is 4. The molecule has 2 rings (SSSR count). The zero-order valence-electron chi connectivity index (χ0n) is 16.4. The first-order valence-electron chi connectivity index (χ1n) is 8.92. The number of rotatable bonds is 9. The van der Waals surface area contributed by atoms with Crippen molar-refractivity contribution in [3.05, 3.63) is 66.7 Å². The third kappa shape index (κ3) is 5.85. The van der Waals surface area contributed by atoms with Crippen molar-refractivity contribution in [1.29, 1.82) is 0 Å². The second-order valence-corrected chi connectivity index (χ2v) is 8.56. The van der Waals surface area contributed by atoms with E-state index >= 15 is 0 Å². The van der Waals surface area contributed by atoms with Crippen LogP contribution in [0.4, 0.5) is 11.4 Å². The summed E-state index contributed by atoms with van der Waals surface area (Å²) in [5.74, 6) is 0.344. The molecule has 0 bridgehead atoms. The van der Waals surface area contributed by atoms with Crippen LogP contribution in [0.2, 0.25) is 0 Å². The molecule has 150 valence electrons. The number of para-hydroxylation sites is 1. The number of nitrogens with zero attached hydrogens (tertiary/aromatic N) is 1. The molecule has 1 amide bonds. The fourth-order valence-electron chi connectivity index (χ4n) is 2.70. The van der Waals surface area contributed by atoms with Gasteiger partial charge in [0.25, 0.3) is 0 Å². The summed E-state index contributed by atoms with van der Waals surface area (Å²) in [7, 11) is -3.64. The Morgan fingerprint density at radius 3 is 2.39 bits per heavy atom. The van der Waals surface area contributed by atoms with Crippen molar-refractivity contribution >= 4 is 27.3 Å². The lowest BCUT2D eigenvalue weighted by Gasteiger charge is -2.25. The Morgan fingerprint density at radius 2 is 1.82 bits per heavy atom. The van der Waals surface area contributed by atoms with E-state index in [-0.39, 0.29) is 12.5 Å². The minimum absolute atomic E-state index is 0.117. The van der Waals surface area contributed by atoms with Gasteiger partial charge < -0.3 is 10.1 Å². The van der Waals surface area contributed by atoms with Gasteiger partial charge in [-0.2, -0.15) is 0 Å². The van der Waals surface area contributed by atoms with Crippen LogP contribution in [0.15, 0.2) is 61.2 Å². The van der Waals surface area contributed by atoms with E-state index in [4.69, 9.17) is 4.74 Å². The first-order chi connectivity index (χ1) is 13.2. The van der Waals surface area contributed by atoms with Gasteiger partial charge in [0.1, 0.15) is 18.9 Å². The Labute approximate surface area is 166 Å². The van der Waals surface area contributed by atoms with Gasteiger partial charge in [-0.1, -0.05) is 44.7 Å². The molecule has 28 heavy (non-hydrogen) atoms. The summed E-state index contributed by atoms with van der Waals surface area (Å²) in [6.07, 6.45) is 2.74. The normalized spacial score (nSPS) is 11.1. The summed E-state index contributed by atoms with van der Waals surface area (Å²) in [5, 5.41) is 2.73. The van der Waals surface area contributed by atoms with Crippen molar-refractivity contribution in [3.63, 3.8) is 0 Å². The Hall–Kier alpha value is -2.80. The van der Waals surface area contributed by atoms with Crippen LogP contribution in [0.1, 0.15) is 25.3 Å². The van der Waals surface area contributed by atoms with Crippen LogP contribution < -0.4 is 14.4 Å². The summed E-state index contributed by atoms with van der Waals surface area (Å²) in [4.78, 5) is 12.5. The molecule has 7 heteroatoms. The van der Waals surface area contributed by atoms with E-state index in [0.29, 0.717) is 23.7 Å². The van der Waals surface area contributed by atoms with Crippen molar-refractivity contribution in [2.75, 3.05) is 29.0 Å². The topological polar surface area (TPSA) is 75.7 Å². The Kier molecular flexibility index (Phi) is 7.23. The van der Waals surface area contributed by atoms with Crippen LogP contribution in [0, 0.1) is 0 Å². The highest BCUT2D eigenvalue weighted by molar-refractivity contribution is 7.92. The molecule has 0 aliphatic heterocycles. The van der Waals surface area contributed by atoms with E-state index in [9.17, 15) is 13.2 Å². The molecule has 0 spiro atoms. The SMILES string of the molecule is C=CCOc1ccc(NC(=O)CN(c2ccccc2C(C)C)S(C)(=O)=O)cc1. The summed E-state index contributed by atoms with van der Waals surface area (Å²) < 4.78 is 31.3. The third-order valence-corrected chi connectivity index (χ3v) is 5.15. The molecular formula is C21H26N2O4S. The summed E-state index contributed by atoms with van der Waals surface area (Å²) in [6, 6.07) is 14.1. The van der Waals surface area contributed by atoms with Gasteiger partial charge in [-0.05, 0) is 41.8 Å². The van der Waals surface area contributed by atoms with Crippen LogP contribution in [0.5, 0.6) is 5.75 Å². The highest BCUT2D eigenvalue weighted by atomic mass is 32.2. The van der Waals surface area contributed by atoms with E-state index in [1.807, 2.05) is 26.0 Å². The Morgan fingerprint density at radius 1 is 1.18 bits per heavy atom. The largest absolute Gasteiger partial charge is 0.490 e. The molecule has 0 aromatic heterocycles. The third-order valence-electron chi connectivity index (χ3n) is 4.02. The second-order valence-electron chi connectivity index (χ2n) is 6.66. The molecule has 0 aliphatic rings. The maximum absolute atomic E-state index is 12.5. The molecule has 0 aliphatic carbocycles. The molecule has 2 aromatic rings. The van der Waals surface area contributed by atoms with Gasteiger partial charge in [0.05, 0.1) is 11.9 Å². The summed E-state index contributed by atoms with van der Waals surface area (Å²) in [6.45, 7) is 7.63. The van der Waals surface area contributed by atoms with E-state index < -0.39 is 15.9 Å². The van der Waals surface area contributed by atoms with E-state index in [2.05, 4.69) is 11.9 Å². The lowest BCUT2D eigenvalue weighted by Crippen LogP contribution is -2.38. The summed E-state index contributed by atoms with van der Waals surface area (Å²) in [5.41, 5.74) is 1.94. The zero-order valence-corrected chi connectivity index (χ0v) is 17.2. The number of sulfonamides is 1. The van der Waals surface area contributed by atoms with Gasteiger partial charge in [-0.25, -0.2) is 8.42 Å². The van der Waals surface area contributed by atoms with Gasteiger partial charge in [-0.3, -0.25) is 9.10 Å². The molecule has 1 N–H and O–H groups in total. The number of nitrogens with one attached hydrogen (secondary N) is 1. The van der Waals surface area contributed by atoms with Crippen LogP contribution in [-0.2, 0) is 14.8 Å². The van der Waals surface area contributed by atoms with Crippen molar-refractivity contribution in [2.45, 2.75) is 19.8 Å². The molecule has 0 fully saturated rings. The number of hydrogen-bond donors (Lipinski definition) is 1. The van der Waals surface area contributed by atoms with Gasteiger partial charge >= 0.3 is 0 Å². The maximum Gasteiger partial charge on any atom is 0.245 e. The first kappa shape index (κ1) is 21.5. The van der Waals surface area contributed by atoms with E-state index in [0.717, 1.165) is 16.1 Å². The van der Waals surface area contributed by atoms with E-state index in [1.165, 1.54) is 0 Å². The highest BCUT2D eigenvalue weighted by Gasteiger charge is 2.24. The first-order valence-corrected chi connectivity index (χ1v) is 10.8. The molecule has 0 radical (unpaired) electrons. The van der Waals surface area contributed by atoms with Gasteiger partial charge in [0, 0.05) is 5.69 Å². The van der Waals surface area contributed by atoms with Crippen molar-refractivity contribution < 1.29 is 17.9 Å². The number of ether oxygens (including phenoxy) is 1.